The van der Waals surface area contributed by atoms with Crippen molar-refractivity contribution in [3.05, 3.63) is 11.6 Å². The highest BCUT2D eigenvalue weighted by Crippen LogP contribution is 2.24. The van der Waals surface area contributed by atoms with Gasteiger partial charge in [-0.3, -0.25) is 4.79 Å². The maximum absolute atomic E-state index is 11.1. The Kier molecular flexibility index (Phi) is 2.69. The van der Waals surface area contributed by atoms with Gasteiger partial charge in [-0.2, -0.15) is 0 Å². The number of esters is 1. The Morgan fingerprint density at radius 2 is 2.45 bits per heavy atom. The van der Waals surface area contributed by atoms with Crippen molar-refractivity contribution < 1.29 is 9.53 Å². The third-order valence-electron chi connectivity index (χ3n) is 2.20. The van der Waals surface area contributed by atoms with Crippen molar-refractivity contribution in [1.82, 2.24) is 0 Å². The Hall–Kier alpha value is -0.790. The van der Waals surface area contributed by atoms with E-state index in [1.54, 1.807) is 0 Å². The standard InChI is InChI=1S/C9H14O2/c1-7-5-3-4-6-8(7)9(10)11-2/h5,8H,3-4,6H2,1-2H3. The second-order valence-electron chi connectivity index (χ2n) is 2.95. The molecule has 2 nitrogen and oxygen atoms in total. The summed E-state index contributed by atoms with van der Waals surface area (Å²) >= 11 is 0. The highest BCUT2D eigenvalue weighted by molar-refractivity contribution is 5.75. The molecule has 0 fully saturated rings. The van der Waals surface area contributed by atoms with Gasteiger partial charge >= 0.3 is 5.97 Å². The second kappa shape index (κ2) is 3.56. The number of allylic oxidation sites excluding steroid dienone is 1. The Bertz CT molecular complexity index is 182. The highest BCUT2D eigenvalue weighted by Gasteiger charge is 2.22. The van der Waals surface area contributed by atoms with E-state index in [2.05, 4.69) is 10.8 Å². The van der Waals surface area contributed by atoms with Crippen molar-refractivity contribution in [3.63, 3.8) is 0 Å². The lowest BCUT2D eigenvalue weighted by atomic mass is 9.89. The predicted octanol–water partition coefficient (Wildman–Crippen LogP) is 1.91. The normalized spacial score (nSPS) is 24.2. The summed E-state index contributed by atoms with van der Waals surface area (Å²) in [6.07, 6.45) is 5.30. The van der Waals surface area contributed by atoms with Crippen LogP contribution in [0.3, 0.4) is 0 Å². The zero-order valence-corrected chi connectivity index (χ0v) is 7.09. The van der Waals surface area contributed by atoms with Crippen molar-refractivity contribution in [2.75, 3.05) is 7.11 Å². The van der Waals surface area contributed by atoms with Crippen LogP contribution in [0.1, 0.15) is 26.2 Å². The molecule has 1 unspecified atom stereocenters. The van der Waals surface area contributed by atoms with Crippen LogP contribution < -0.4 is 0 Å². The first-order chi connectivity index (χ1) is 5.25. The van der Waals surface area contributed by atoms with Gasteiger partial charge in [0.25, 0.3) is 0 Å². The first-order valence-electron chi connectivity index (χ1n) is 4.00. The molecule has 0 amide bonds. The molecule has 11 heavy (non-hydrogen) atoms. The summed E-state index contributed by atoms with van der Waals surface area (Å²) in [7, 11) is 1.45. The summed E-state index contributed by atoms with van der Waals surface area (Å²) in [4.78, 5) is 11.1. The maximum Gasteiger partial charge on any atom is 0.312 e. The third kappa shape index (κ3) is 1.82. The molecular weight excluding hydrogens is 140 g/mol. The molecule has 0 spiro atoms. The van der Waals surface area contributed by atoms with E-state index in [1.165, 1.54) is 12.7 Å². The zero-order chi connectivity index (χ0) is 8.27. The zero-order valence-electron chi connectivity index (χ0n) is 7.09. The van der Waals surface area contributed by atoms with Gasteiger partial charge in [-0.25, -0.2) is 0 Å². The Labute approximate surface area is 67.2 Å². The first-order valence-corrected chi connectivity index (χ1v) is 4.00. The van der Waals surface area contributed by atoms with Gasteiger partial charge in [0.15, 0.2) is 0 Å². The molecule has 1 rings (SSSR count). The SMILES string of the molecule is COC(=O)C1CCCC=C1C. The molecule has 1 aliphatic carbocycles. The van der Waals surface area contributed by atoms with E-state index in [1.807, 2.05) is 6.92 Å². The highest BCUT2D eigenvalue weighted by atomic mass is 16.5. The fourth-order valence-electron chi connectivity index (χ4n) is 1.47. The van der Waals surface area contributed by atoms with E-state index in [0.717, 1.165) is 19.3 Å². The van der Waals surface area contributed by atoms with Gasteiger partial charge in [-0.05, 0) is 26.2 Å². The van der Waals surface area contributed by atoms with E-state index in [4.69, 9.17) is 0 Å². The molecule has 1 atom stereocenters. The molecule has 0 bridgehead atoms. The fourth-order valence-corrected chi connectivity index (χ4v) is 1.47. The van der Waals surface area contributed by atoms with E-state index in [-0.39, 0.29) is 11.9 Å². The van der Waals surface area contributed by atoms with E-state index >= 15 is 0 Å². The van der Waals surface area contributed by atoms with Crippen LogP contribution in [0.15, 0.2) is 11.6 Å². The van der Waals surface area contributed by atoms with E-state index < -0.39 is 0 Å². The average Bonchev–Trinajstić information content (AvgIpc) is 2.04. The van der Waals surface area contributed by atoms with Gasteiger partial charge in [0, 0.05) is 0 Å². The minimum Gasteiger partial charge on any atom is -0.469 e. The molecule has 0 aromatic heterocycles. The molecule has 62 valence electrons. The van der Waals surface area contributed by atoms with Gasteiger partial charge in [-0.15, -0.1) is 0 Å². The summed E-state index contributed by atoms with van der Waals surface area (Å²) in [5.41, 5.74) is 1.17. The van der Waals surface area contributed by atoms with Crippen LogP contribution in [0, 0.1) is 5.92 Å². The number of ether oxygens (including phenoxy) is 1. The summed E-state index contributed by atoms with van der Waals surface area (Å²) in [5, 5.41) is 0. The molecule has 0 aromatic rings. The van der Waals surface area contributed by atoms with Crippen LogP contribution in [0.5, 0.6) is 0 Å². The Morgan fingerprint density at radius 3 is 3.00 bits per heavy atom. The summed E-state index contributed by atoms with van der Waals surface area (Å²) < 4.78 is 4.68. The van der Waals surface area contributed by atoms with Crippen molar-refractivity contribution in [2.45, 2.75) is 26.2 Å². The number of hydrogen-bond acceptors (Lipinski definition) is 2. The lowest BCUT2D eigenvalue weighted by molar-refractivity contribution is -0.144. The molecule has 0 aromatic carbocycles. The maximum atomic E-state index is 11.1. The predicted molar refractivity (Wildman–Crippen MR) is 43.1 cm³/mol. The molecule has 0 aliphatic heterocycles. The van der Waals surface area contributed by atoms with Gasteiger partial charge in [0.1, 0.15) is 0 Å². The smallest absolute Gasteiger partial charge is 0.312 e. The summed E-state index contributed by atoms with van der Waals surface area (Å²) in [5.74, 6) is -0.0489. The minimum absolute atomic E-state index is 0.0359. The molecule has 0 heterocycles. The van der Waals surface area contributed by atoms with Crippen molar-refractivity contribution in [1.29, 1.82) is 0 Å². The molecular formula is C9H14O2. The number of rotatable bonds is 1. The largest absolute Gasteiger partial charge is 0.469 e. The number of carbonyl (C=O) groups excluding carboxylic acids is 1. The second-order valence-corrected chi connectivity index (χ2v) is 2.95. The monoisotopic (exact) mass is 154 g/mol. The molecule has 0 saturated carbocycles. The Balaban J connectivity index is 2.63. The molecule has 2 heteroatoms. The van der Waals surface area contributed by atoms with Crippen molar-refractivity contribution in [3.8, 4) is 0 Å². The van der Waals surface area contributed by atoms with Crippen molar-refractivity contribution in [2.24, 2.45) is 5.92 Å². The molecule has 0 N–H and O–H groups in total. The van der Waals surface area contributed by atoms with Crippen LogP contribution in [-0.2, 0) is 9.53 Å². The Morgan fingerprint density at radius 1 is 1.73 bits per heavy atom. The number of methoxy groups -OCH3 is 1. The lowest BCUT2D eigenvalue weighted by Gasteiger charge is -2.18. The van der Waals surface area contributed by atoms with Crippen LogP contribution in [0.4, 0.5) is 0 Å². The topological polar surface area (TPSA) is 26.3 Å². The first kappa shape index (κ1) is 8.31. The summed E-state index contributed by atoms with van der Waals surface area (Å²) in [6, 6.07) is 0. The van der Waals surface area contributed by atoms with Gasteiger partial charge in [-0.1, -0.05) is 11.6 Å². The van der Waals surface area contributed by atoms with Crippen molar-refractivity contribution >= 4 is 5.97 Å². The molecule has 1 aliphatic rings. The van der Waals surface area contributed by atoms with Crippen LogP contribution >= 0.6 is 0 Å². The summed E-state index contributed by atoms with van der Waals surface area (Å²) in [6.45, 7) is 2.00. The van der Waals surface area contributed by atoms with E-state index in [9.17, 15) is 4.79 Å². The molecule has 0 saturated heterocycles. The van der Waals surface area contributed by atoms with E-state index in [0.29, 0.717) is 0 Å². The quantitative estimate of drug-likeness (QED) is 0.426. The third-order valence-corrected chi connectivity index (χ3v) is 2.20. The van der Waals surface area contributed by atoms with Gasteiger partial charge < -0.3 is 4.74 Å². The van der Waals surface area contributed by atoms with Gasteiger partial charge in [0.05, 0.1) is 13.0 Å². The van der Waals surface area contributed by atoms with Crippen LogP contribution in [0.2, 0.25) is 0 Å². The van der Waals surface area contributed by atoms with Crippen LogP contribution in [0.25, 0.3) is 0 Å². The minimum atomic E-state index is -0.0848. The fraction of sp³-hybridized carbons (Fsp3) is 0.667. The number of hydrogen-bond donors (Lipinski definition) is 0. The number of carbonyl (C=O) groups is 1. The van der Waals surface area contributed by atoms with Gasteiger partial charge in [0.2, 0.25) is 0 Å². The van der Waals surface area contributed by atoms with Crippen LogP contribution in [-0.4, -0.2) is 13.1 Å². The lowest BCUT2D eigenvalue weighted by Crippen LogP contribution is -2.19. The average molecular weight is 154 g/mol. The molecule has 0 radical (unpaired) electrons.